The summed E-state index contributed by atoms with van der Waals surface area (Å²) in [7, 11) is 1.77. The second kappa shape index (κ2) is 6.58. The first kappa shape index (κ1) is 17.7. The number of pyridine rings is 2. The van der Waals surface area contributed by atoms with E-state index in [1.54, 1.807) is 11.6 Å². The van der Waals surface area contributed by atoms with E-state index < -0.39 is 0 Å². The van der Waals surface area contributed by atoms with E-state index >= 15 is 0 Å². The van der Waals surface area contributed by atoms with E-state index in [0.29, 0.717) is 24.3 Å². The van der Waals surface area contributed by atoms with E-state index in [-0.39, 0.29) is 11.5 Å². The molecule has 0 saturated carbocycles. The van der Waals surface area contributed by atoms with Crippen LogP contribution >= 0.6 is 0 Å². The second-order valence-corrected chi connectivity index (χ2v) is 7.85. The molecule has 0 fully saturated rings. The van der Waals surface area contributed by atoms with Crippen molar-refractivity contribution in [3.63, 3.8) is 0 Å². The number of benzene rings is 1. The van der Waals surface area contributed by atoms with Gasteiger partial charge in [0.2, 0.25) is 5.91 Å². The van der Waals surface area contributed by atoms with Crippen LogP contribution in [0.1, 0.15) is 34.7 Å². The Labute approximate surface area is 168 Å². The van der Waals surface area contributed by atoms with Crippen LogP contribution in [-0.2, 0) is 18.3 Å². The molecule has 2 aliphatic rings. The van der Waals surface area contributed by atoms with Gasteiger partial charge >= 0.3 is 0 Å². The van der Waals surface area contributed by atoms with E-state index in [9.17, 15) is 9.59 Å². The van der Waals surface area contributed by atoms with Gasteiger partial charge in [0.05, 0.1) is 17.1 Å². The zero-order chi connectivity index (χ0) is 20.1. The molecule has 1 aliphatic carbocycles. The lowest BCUT2D eigenvalue weighted by atomic mass is 9.95. The molecule has 3 aromatic rings. The average Bonchev–Trinajstić information content (AvgIpc) is 3.43. The van der Waals surface area contributed by atoms with Crippen molar-refractivity contribution in [1.29, 1.82) is 0 Å². The number of carbonyl (C=O) groups excluding carboxylic acids is 1. The van der Waals surface area contributed by atoms with Crippen molar-refractivity contribution in [2.24, 2.45) is 7.05 Å². The number of aromatic nitrogens is 2. The molecule has 0 saturated heterocycles. The summed E-state index contributed by atoms with van der Waals surface area (Å²) in [6.07, 6.45) is 4.88. The molecule has 3 heterocycles. The van der Waals surface area contributed by atoms with Gasteiger partial charge in [-0.3, -0.25) is 14.6 Å². The molecule has 0 radical (unpaired) electrons. The lowest BCUT2D eigenvalue weighted by Crippen LogP contribution is -2.21. The van der Waals surface area contributed by atoms with Gasteiger partial charge in [-0.1, -0.05) is 6.07 Å². The van der Waals surface area contributed by atoms with Gasteiger partial charge in [-0.2, -0.15) is 0 Å². The summed E-state index contributed by atoms with van der Waals surface area (Å²) in [4.78, 5) is 28.5. The zero-order valence-corrected chi connectivity index (χ0v) is 16.5. The summed E-state index contributed by atoms with van der Waals surface area (Å²) in [5, 5.41) is 6.56. The van der Waals surface area contributed by atoms with Crippen LogP contribution in [-0.4, -0.2) is 22.0 Å². The fourth-order valence-electron chi connectivity index (χ4n) is 4.17. The number of nitrogens with zero attached hydrogens (tertiary/aromatic N) is 2. The first-order valence-electron chi connectivity index (χ1n) is 9.84. The van der Waals surface area contributed by atoms with Crippen LogP contribution in [0.2, 0.25) is 0 Å². The average molecular weight is 386 g/mol. The molecule has 6 heteroatoms. The van der Waals surface area contributed by atoms with Crippen LogP contribution in [0.3, 0.4) is 0 Å². The Morgan fingerprint density at radius 2 is 2.07 bits per heavy atom. The number of anilines is 2. The van der Waals surface area contributed by atoms with Gasteiger partial charge in [0.15, 0.2) is 0 Å². The van der Waals surface area contributed by atoms with Crippen molar-refractivity contribution in [2.45, 2.75) is 25.7 Å². The number of nitrogens with one attached hydrogen (secondary N) is 2. The molecule has 146 valence electrons. The highest BCUT2D eigenvalue weighted by Crippen LogP contribution is 2.42. The van der Waals surface area contributed by atoms with Gasteiger partial charge in [0.1, 0.15) is 0 Å². The summed E-state index contributed by atoms with van der Waals surface area (Å²) in [5.74, 6) is 0.367. The lowest BCUT2D eigenvalue weighted by Gasteiger charge is -2.23. The summed E-state index contributed by atoms with van der Waals surface area (Å²) < 4.78 is 1.62. The number of hydrogen-bond donors (Lipinski definition) is 2. The van der Waals surface area contributed by atoms with Crippen LogP contribution in [0.5, 0.6) is 0 Å². The van der Waals surface area contributed by atoms with Crippen LogP contribution < -0.4 is 16.2 Å². The molecular formula is C23H22N4O2. The quantitative estimate of drug-likeness (QED) is 0.722. The molecule has 2 N–H and O–H groups in total. The number of aryl methyl sites for hydroxylation is 3. The van der Waals surface area contributed by atoms with Crippen molar-refractivity contribution in [3.8, 4) is 11.1 Å². The molecule has 1 atom stereocenters. The van der Waals surface area contributed by atoms with Gasteiger partial charge < -0.3 is 15.2 Å². The molecule has 29 heavy (non-hydrogen) atoms. The Morgan fingerprint density at radius 3 is 2.83 bits per heavy atom. The summed E-state index contributed by atoms with van der Waals surface area (Å²) in [6.45, 7) is 2.57. The summed E-state index contributed by atoms with van der Waals surface area (Å²) in [5.41, 5.74) is 8.06. The van der Waals surface area contributed by atoms with Crippen molar-refractivity contribution in [1.82, 2.24) is 9.55 Å². The molecule has 5 rings (SSSR count). The Bertz CT molecular complexity index is 1160. The third-order valence-corrected chi connectivity index (χ3v) is 5.79. The van der Waals surface area contributed by atoms with E-state index in [4.69, 9.17) is 0 Å². The molecule has 1 aliphatic heterocycles. The number of fused-ring (bicyclic) bond motifs is 2. The predicted molar refractivity (Wildman–Crippen MR) is 113 cm³/mol. The van der Waals surface area contributed by atoms with E-state index in [0.717, 1.165) is 40.3 Å². The number of hydrogen-bond acceptors (Lipinski definition) is 4. The van der Waals surface area contributed by atoms with Crippen LogP contribution in [0, 0.1) is 6.92 Å². The highest BCUT2D eigenvalue weighted by molar-refractivity contribution is 5.99. The van der Waals surface area contributed by atoms with Crippen molar-refractivity contribution < 1.29 is 4.79 Å². The lowest BCUT2D eigenvalue weighted by molar-refractivity contribution is -0.116. The third-order valence-electron chi connectivity index (χ3n) is 5.79. The van der Waals surface area contributed by atoms with E-state index in [1.807, 2.05) is 31.5 Å². The fourth-order valence-corrected chi connectivity index (χ4v) is 4.17. The van der Waals surface area contributed by atoms with Crippen LogP contribution in [0.4, 0.5) is 11.4 Å². The van der Waals surface area contributed by atoms with Crippen molar-refractivity contribution >= 4 is 17.3 Å². The van der Waals surface area contributed by atoms with Gasteiger partial charge in [-0.05, 0) is 59.9 Å². The molecule has 0 bridgehead atoms. The van der Waals surface area contributed by atoms with Gasteiger partial charge in [0.25, 0.3) is 5.56 Å². The highest BCUT2D eigenvalue weighted by Gasteiger charge is 2.33. The molecule has 0 spiro atoms. The van der Waals surface area contributed by atoms with Crippen LogP contribution in [0.25, 0.3) is 11.1 Å². The maximum Gasteiger partial charge on any atom is 0.253 e. The third kappa shape index (κ3) is 3.10. The smallest absolute Gasteiger partial charge is 0.253 e. The Kier molecular flexibility index (Phi) is 4.01. The minimum atomic E-state index is 0.0105. The van der Waals surface area contributed by atoms with Crippen LogP contribution in [0.15, 0.2) is 47.5 Å². The Balaban J connectivity index is 1.51. The predicted octanol–water partition coefficient (Wildman–Crippen LogP) is 3.20. The minimum absolute atomic E-state index is 0.0105. The highest BCUT2D eigenvalue weighted by atomic mass is 16.1. The van der Waals surface area contributed by atoms with Crippen molar-refractivity contribution in [3.05, 3.63) is 75.5 Å². The maximum absolute atomic E-state index is 12.1. The number of amides is 1. The summed E-state index contributed by atoms with van der Waals surface area (Å²) in [6, 6.07) is 10.2. The molecule has 2 aromatic heterocycles. The topological polar surface area (TPSA) is 76.0 Å². The second-order valence-electron chi connectivity index (χ2n) is 7.85. The number of rotatable bonds is 4. The molecule has 1 amide bonds. The maximum atomic E-state index is 12.1. The van der Waals surface area contributed by atoms with Crippen molar-refractivity contribution in [2.75, 3.05) is 17.2 Å². The molecule has 1 aromatic carbocycles. The van der Waals surface area contributed by atoms with E-state index in [2.05, 4.69) is 33.8 Å². The normalized spacial score (nSPS) is 16.6. The van der Waals surface area contributed by atoms with E-state index in [1.165, 1.54) is 5.56 Å². The molecule has 6 nitrogen and oxygen atoms in total. The minimum Gasteiger partial charge on any atom is -0.382 e. The Hall–Kier alpha value is -3.41. The standard InChI is InChI=1S/C23H22N4O2/c1-13-8-16(12-27(2)23(13)29)15-9-14-5-6-20(28)26-21(14)19(10-15)25-11-18-17-4-3-7-24-22(17)18/h3-4,7-10,12,18,25H,5-6,11H2,1-2H3,(H,26,28). The molecule has 1 unspecified atom stereocenters. The molecular weight excluding hydrogens is 364 g/mol. The van der Waals surface area contributed by atoms with Gasteiger partial charge in [-0.15, -0.1) is 0 Å². The van der Waals surface area contributed by atoms with Gasteiger partial charge in [-0.25, -0.2) is 0 Å². The fraction of sp³-hybridized carbons (Fsp3) is 0.261. The first-order chi connectivity index (χ1) is 14.0. The first-order valence-corrected chi connectivity index (χ1v) is 9.84. The zero-order valence-electron chi connectivity index (χ0n) is 16.5. The summed E-state index contributed by atoms with van der Waals surface area (Å²) >= 11 is 0. The largest absolute Gasteiger partial charge is 0.382 e. The number of carbonyl (C=O) groups is 1. The monoisotopic (exact) mass is 386 g/mol. The van der Waals surface area contributed by atoms with Gasteiger partial charge in [0, 0.05) is 43.9 Å². The Morgan fingerprint density at radius 1 is 1.21 bits per heavy atom. The SMILES string of the molecule is Cc1cc(-c2cc3c(c(NCC4c5cccnc54)c2)NC(=O)CC3)cn(C)c1=O.